The molecule has 0 aromatic heterocycles. The van der Waals surface area contributed by atoms with Crippen LogP contribution < -0.4 is 4.74 Å². The van der Waals surface area contributed by atoms with Crippen LogP contribution >= 0.6 is 0 Å². The van der Waals surface area contributed by atoms with Gasteiger partial charge < -0.3 is 9.47 Å². The lowest BCUT2D eigenvalue weighted by Gasteiger charge is -2.02. The molecule has 2 aromatic carbocycles. The van der Waals surface area contributed by atoms with Crippen LogP contribution in [0.5, 0.6) is 5.75 Å². The summed E-state index contributed by atoms with van der Waals surface area (Å²) in [5, 5.41) is 0. The number of methoxy groups -OCH3 is 1. The SMILES string of the molecule is COc1ccc(/C=C/C(=O)OCCc2ccccc2)cc1. The van der Waals surface area contributed by atoms with E-state index in [2.05, 4.69) is 0 Å². The number of carbonyl (C=O) groups excluding carboxylic acids is 1. The smallest absolute Gasteiger partial charge is 0.330 e. The quantitative estimate of drug-likeness (QED) is 0.601. The van der Waals surface area contributed by atoms with Crippen molar-refractivity contribution >= 4 is 12.0 Å². The maximum Gasteiger partial charge on any atom is 0.330 e. The van der Waals surface area contributed by atoms with Gasteiger partial charge in [0.1, 0.15) is 5.75 Å². The molecule has 0 N–H and O–H groups in total. The Labute approximate surface area is 124 Å². The molecule has 0 fully saturated rings. The molecule has 0 saturated carbocycles. The number of hydrogen-bond donors (Lipinski definition) is 0. The minimum atomic E-state index is -0.332. The van der Waals surface area contributed by atoms with E-state index in [0.29, 0.717) is 6.61 Å². The summed E-state index contributed by atoms with van der Waals surface area (Å²) in [6.45, 7) is 0.385. The second-order valence-electron chi connectivity index (χ2n) is 4.51. The third kappa shape index (κ3) is 5.15. The number of hydrogen-bond acceptors (Lipinski definition) is 3. The summed E-state index contributed by atoms with van der Waals surface area (Å²) in [7, 11) is 1.62. The zero-order valence-corrected chi connectivity index (χ0v) is 12.0. The van der Waals surface area contributed by atoms with E-state index in [0.717, 1.165) is 23.3 Å². The van der Waals surface area contributed by atoms with Crippen molar-refractivity contribution in [1.29, 1.82) is 0 Å². The van der Waals surface area contributed by atoms with Crippen LogP contribution in [0, 0.1) is 0 Å². The van der Waals surface area contributed by atoms with E-state index in [1.165, 1.54) is 6.08 Å². The van der Waals surface area contributed by atoms with Gasteiger partial charge in [0, 0.05) is 12.5 Å². The molecule has 0 saturated heterocycles. The summed E-state index contributed by atoms with van der Waals surface area (Å²) in [4.78, 5) is 11.6. The molecule has 0 amide bonds. The van der Waals surface area contributed by atoms with Crippen molar-refractivity contribution in [3.8, 4) is 5.75 Å². The fourth-order valence-corrected chi connectivity index (χ4v) is 1.84. The van der Waals surface area contributed by atoms with Crippen LogP contribution in [0.3, 0.4) is 0 Å². The third-order valence-corrected chi connectivity index (χ3v) is 3.01. The molecule has 0 aliphatic heterocycles. The number of ether oxygens (including phenoxy) is 2. The van der Waals surface area contributed by atoms with Gasteiger partial charge in [-0.05, 0) is 29.3 Å². The average Bonchev–Trinajstić information content (AvgIpc) is 2.54. The highest BCUT2D eigenvalue weighted by atomic mass is 16.5. The highest BCUT2D eigenvalue weighted by Crippen LogP contribution is 2.12. The van der Waals surface area contributed by atoms with Crippen LogP contribution in [-0.4, -0.2) is 19.7 Å². The number of rotatable bonds is 6. The first-order valence-corrected chi connectivity index (χ1v) is 6.81. The Morgan fingerprint density at radius 1 is 1.05 bits per heavy atom. The summed E-state index contributed by atoms with van der Waals surface area (Å²) in [5.74, 6) is 0.458. The third-order valence-electron chi connectivity index (χ3n) is 3.01. The van der Waals surface area contributed by atoms with Gasteiger partial charge in [-0.1, -0.05) is 42.5 Å². The summed E-state index contributed by atoms with van der Waals surface area (Å²) < 4.78 is 10.2. The van der Waals surface area contributed by atoms with Crippen molar-refractivity contribution < 1.29 is 14.3 Å². The van der Waals surface area contributed by atoms with E-state index >= 15 is 0 Å². The Bertz CT molecular complexity index is 586. The van der Waals surface area contributed by atoms with E-state index in [1.54, 1.807) is 13.2 Å². The molecule has 0 unspecified atom stereocenters. The fraction of sp³-hybridized carbons (Fsp3) is 0.167. The van der Waals surface area contributed by atoms with Crippen LogP contribution in [0.2, 0.25) is 0 Å². The average molecular weight is 282 g/mol. The van der Waals surface area contributed by atoms with Crippen LogP contribution in [-0.2, 0) is 16.0 Å². The molecule has 0 bridgehead atoms. The fourth-order valence-electron chi connectivity index (χ4n) is 1.84. The highest BCUT2D eigenvalue weighted by Gasteiger charge is 1.98. The van der Waals surface area contributed by atoms with Gasteiger partial charge in [0.15, 0.2) is 0 Å². The Morgan fingerprint density at radius 2 is 1.76 bits per heavy atom. The molecule has 108 valence electrons. The molecule has 3 heteroatoms. The lowest BCUT2D eigenvalue weighted by Crippen LogP contribution is -2.04. The predicted octanol–water partition coefficient (Wildman–Crippen LogP) is 3.49. The zero-order valence-electron chi connectivity index (χ0n) is 12.0. The predicted molar refractivity (Wildman–Crippen MR) is 83.1 cm³/mol. The van der Waals surface area contributed by atoms with E-state index in [4.69, 9.17) is 9.47 Å². The van der Waals surface area contributed by atoms with Crippen molar-refractivity contribution in [3.63, 3.8) is 0 Å². The lowest BCUT2D eigenvalue weighted by atomic mass is 10.2. The summed E-state index contributed by atoms with van der Waals surface area (Å²) in [6.07, 6.45) is 3.89. The highest BCUT2D eigenvalue weighted by molar-refractivity contribution is 5.87. The van der Waals surface area contributed by atoms with Crippen molar-refractivity contribution in [2.75, 3.05) is 13.7 Å². The summed E-state index contributed by atoms with van der Waals surface area (Å²) in [6, 6.07) is 17.4. The molecule has 0 aliphatic carbocycles. The molecule has 0 spiro atoms. The van der Waals surface area contributed by atoms with Crippen LogP contribution in [0.4, 0.5) is 0 Å². The molecular formula is C18H18O3. The lowest BCUT2D eigenvalue weighted by molar-refractivity contribution is -0.137. The van der Waals surface area contributed by atoms with Gasteiger partial charge >= 0.3 is 5.97 Å². The Morgan fingerprint density at radius 3 is 2.43 bits per heavy atom. The Kier molecular flexibility index (Phi) is 5.59. The van der Waals surface area contributed by atoms with Crippen molar-refractivity contribution in [2.45, 2.75) is 6.42 Å². The molecule has 0 atom stereocenters. The first kappa shape index (κ1) is 14.9. The van der Waals surface area contributed by atoms with E-state index in [-0.39, 0.29) is 5.97 Å². The zero-order chi connectivity index (χ0) is 14.9. The second kappa shape index (κ2) is 7.90. The first-order valence-electron chi connectivity index (χ1n) is 6.81. The topological polar surface area (TPSA) is 35.5 Å². The number of benzene rings is 2. The molecule has 0 radical (unpaired) electrons. The normalized spacial score (nSPS) is 10.5. The van der Waals surface area contributed by atoms with Gasteiger partial charge in [0.2, 0.25) is 0 Å². The molecule has 0 aliphatic rings. The maximum atomic E-state index is 11.6. The molecule has 0 heterocycles. The largest absolute Gasteiger partial charge is 0.497 e. The van der Waals surface area contributed by atoms with E-state index in [9.17, 15) is 4.79 Å². The van der Waals surface area contributed by atoms with Crippen molar-refractivity contribution in [3.05, 3.63) is 71.8 Å². The van der Waals surface area contributed by atoms with Crippen molar-refractivity contribution in [2.24, 2.45) is 0 Å². The van der Waals surface area contributed by atoms with Gasteiger partial charge in [0.05, 0.1) is 13.7 Å². The van der Waals surface area contributed by atoms with Gasteiger partial charge in [-0.3, -0.25) is 0 Å². The van der Waals surface area contributed by atoms with Gasteiger partial charge in [-0.2, -0.15) is 0 Å². The second-order valence-corrected chi connectivity index (χ2v) is 4.51. The maximum absolute atomic E-state index is 11.6. The van der Waals surface area contributed by atoms with Crippen LogP contribution in [0.15, 0.2) is 60.7 Å². The molecule has 2 aromatic rings. The minimum absolute atomic E-state index is 0.332. The molecule has 21 heavy (non-hydrogen) atoms. The Hall–Kier alpha value is -2.55. The van der Waals surface area contributed by atoms with Gasteiger partial charge in [0.25, 0.3) is 0 Å². The Balaban J connectivity index is 1.77. The molecular weight excluding hydrogens is 264 g/mol. The van der Waals surface area contributed by atoms with Gasteiger partial charge in [-0.15, -0.1) is 0 Å². The first-order chi connectivity index (χ1) is 10.3. The summed E-state index contributed by atoms with van der Waals surface area (Å²) >= 11 is 0. The minimum Gasteiger partial charge on any atom is -0.497 e. The van der Waals surface area contributed by atoms with Crippen molar-refractivity contribution in [1.82, 2.24) is 0 Å². The van der Waals surface area contributed by atoms with E-state index < -0.39 is 0 Å². The van der Waals surface area contributed by atoms with Crippen LogP contribution in [0.25, 0.3) is 6.08 Å². The molecule has 3 nitrogen and oxygen atoms in total. The number of esters is 1. The molecule has 2 rings (SSSR count). The monoisotopic (exact) mass is 282 g/mol. The van der Waals surface area contributed by atoms with Gasteiger partial charge in [-0.25, -0.2) is 4.79 Å². The van der Waals surface area contributed by atoms with E-state index in [1.807, 2.05) is 54.6 Å². The van der Waals surface area contributed by atoms with Crippen LogP contribution in [0.1, 0.15) is 11.1 Å². The number of carbonyl (C=O) groups is 1. The summed E-state index contributed by atoms with van der Waals surface area (Å²) in [5.41, 5.74) is 2.08. The standard InChI is InChI=1S/C18H18O3/c1-20-17-10-7-16(8-11-17)9-12-18(19)21-14-13-15-5-3-2-4-6-15/h2-12H,13-14H2,1H3/b12-9+.